The van der Waals surface area contributed by atoms with Crippen LogP contribution in [0.25, 0.3) is 0 Å². The van der Waals surface area contributed by atoms with E-state index in [0.29, 0.717) is 22.6 Å². The van der Waals surface area contributed by atoms with Crippen LogP contribution < -0.4 is 9.47 Å². The van der Waals surface area contributed by atoms with Gasteiger partial charge in [0, 0.05) is 5.56 Å². The first-order chi connectivity index (χ1) is 9.79. The van der Waals surface area contributed by atoms with Gasteiger partial charge in [0.15, 0.2) is 17.3 Å². The number of nitriles is 1. The van der Waals surface area contributed by atoms with Gasteiger partial charge in [0.25, 0.3) is 0 Å². The van der Waals surface area contributed by atoms with E-state index in [1.165, 1.54) is 0 Å². The van der Waals surface area contributed by atoms with E-state index >= 15 is 0 Å². The number of hydrogen-bond donors (Lipinski definition) is 0. The highest BCUT2D eigenvalue weighted by atomic mass is 16.7. The molecule has 20 heavy (non-hydrogen) atoms. The molecule has 2 aromatic rings. The van der Waals surface area contributed by atoms with Crippen LogP contribution in [0.3, 0.4) is 0 Å². The fraction of sp³-hybridized carbons (Fsp3) is 0.125. The SMILES string of the molecule is N#CC(C(=O)c1ccc2c(c1)OCO2)c1ccccc1. The Morgan fingerprint density at radius 1 is 1.10 bits per heavy atom. The molecule has 0 fully saturated rings. The van der Waals surface area contributed by atoms with E-state index in [1.807, 2.05) is 18.2 Å². The largest absolute Gasteiger partial charge is 0.454 e. The Kier molecular flexibility index (Phi) is 3.10. The van der Waals surface area contributed by atoms with Crippen molar-refractivity contribution in [2.24, 2.45) is 0 Å². The van der Waals surface area contributed by atoms with Crippen LogP contribution in [0.15, 0.2) is 48.5 Å². The summed E-state index contributed by atoms with van der Waals surface area (Å²) in [6.45, 7) is 0.160. The quantitative estimate of drug-likeness (QED) is 0.800. The standard InChI is InChI=1S/C16H11NO3/c17-9-13(11-4-2-1-3-5-11)16(18)12-6-7-14-15(8-12)20-10-19-14/h1-8,13H,10H2. The summed E-state index contributed by atoms with van der Waals surface area (Å²) < 4.78 is 10.5. The molecular formula is C16H11NO3. The van der Waals surface area contributed by atoms with Crippen LogP contribution in [0, 0.1) is 11.3 Å². The first kappa shape index (κ1) is 12.2. The lowest BCUT2D eigenvalue weighted by Gasteiger charge is -2.09. The van der Waals surface area contributed by atoms with Crippen molar-refractivity contribution in [3.63, 3.8) is 0 Å². The first-order valence-corrected chi connectivity index (χ1v) is 6.18. The Morgan fingerprint density at radius 3 is 2.60 bits per heavy atom. The molecule has 1 aliphatic heterocycles. The maximum atomic E-state index is 12.5. The van der Waals surface area contributed by atoms with Crippen LogP contribution in [0.1, 0.15) is 21.8 Å². The Hall–Kier alpha value is -2.80. The van der Waals surface area contributed by atoms with E-state index in [9.17, 15) is 10.1 Å². The third-order valence-corrected chi connectivity index (χ3v) is 3.18. The number of carbonyl (C=O) groups is 1. The second kappa shape index (κ2) is 5.06. The molecule has 0 N–H and O–H groups in total. The Morgan fingerprint density at radius 2 is 1.85 bits per heavy atom. The normalized spacial score (nSPS) is 13.6. The molecule has 0 spiro atoms. The smallest absolute Gasteiger partial charge is 0.231 e. The monoisotopic (exact) mass is 265 g/mol. The zero-order valence-electron chi connectivity index (χ0n) is 10.6. The molecule has 3 rings (SSSR count). The summed E-state index contributed by atoms with van der Waals surface area (Å²) in [5.74, 6) is 0.115. The Labute approximate surface area is 116 Å². The van der Waals surface area contributed by atoms with Crippen molar-refractivity contribution < 1.29 is 14.3 Å². The molecule has 0 bridgehead atoms. The zero-order valence-corrected chi connectivity index (χ0v) is 10.6. The molecule has 1 unspecified atom stereocenters. The molecule has 1 atom stereocenters. The van der Waals surface area contributed by atoms with Crippen LogP contribution in [0.2, 0.25) is 0 Å². The molecule has 0 saturated carbocycles. The second-order valence-corrected chi connectivity index (χ2v) is 4.41. The number of carbonyl (C=O) groups excluding carboxylic acids is 1. The fourth-order valence-electron chi connectivity index (χ4n) is 2.15. The van der Waals surface area contributed by atoms with Gasteiger partial charge in [-0.25, -0.2) is 0 Å². The summed E-state index contributed by atoms with van der Waals surface area (Å²) >= 11 is 0. The average molecular weight is 265 g/mol. The molecule has 0 aliphatic carbocycles. The van der Waals surface area contributed by atoms with Gasteiger partial charge in [-0.05, 0) is 23.8 Å². The average Bonchev–Trinajstić information content (AvgIpc) is 2.96. The third kappa shape index (κ3) is 2.10. The molecule has 1 aliphatic rings. The van der Waals surface area contributed by atoms with E-state index in [1.54, 1.807) is 30.3 Å². The highest BCUT2D eigenvalue weighted by Gasteiger charge is 2.23. The number of ketones is 1. The lowest BCUT2D eigenvalue weighted by Crippen LogP contribution is -2.11. The van der Waals surface area contributed by atoms with Crippen molar-refractivity contribution in [1.82, 2.24) is 0 Å². The van der Waals surface area contributed by atoms with Crippen molar-refractivity contribution in [2.75, 3.05) is 6.79 Å². The molecular weight excluding hydrogens is 254 g/mol. The number of Topliss-reactive ketones (excluding diaryl/α,β-unsaturated/α-hetero) is 1. The topological polar surface area (TPSA) is 59.3 Å². The molecule has 0 aromatic heterocycles. The third-order valence-electron chi connectivity index (χ3n) is 3.18. The van der Waals surface area contributed by atoms with E-state index in [0.717, 1.165) is 0 Å². The van der Waals surface area contributed by atoms with Crippen molar-refractivity contribution >= 4 is 5.78 Å². The van der Waals surface area contributed by atoms with Gasteiger partial charge in [0.05, 0.1) is 6.07 Å². The number of benzene rings is 2. The molecule has 0 saturated heterocycles. The lowest BCUT2D eigenvalue weighted by atomic mass is 9.92. The second-order valence-electron chi connectivity index (χ2n) is 4.41. The molecule has 0 amide bonds. The summed E-state index contributed by atoms with van der Waals surface area (Å²) in [5, 5.41) is 9.28. The maximum absolute atomic E-state index is 12.5. The zero-order chi connectivity index (χ0) is 13.9. The number of rotatable bonds is 3. The predicted molar refractivity (Wildman–Crippen MR) is 71.7 cm³/mol. The van der Waals surface area contributed by atoms with Crippen LogP contribution in [0.5, 0.6) is 11.5 Å². The van der Waals surface area contributed by atoms with Gasteiger partial charge < -0.3 is 9.47 Å². The van der Waals surface area contributed by atoms with Crippen LogP contribution in [-0.4, -0.2) is 12.6 Å². The number of hydrogen-bond acceptors (Lipinski definition) is 4. The molecule has 2 aromatic carbocycles. The highest BCUT2D eigenvalue weighted by Crippen LogP contribution is 2.33. The van der Waals surface area contributed by atoms with Crippen molar-refractivity contribution in [3.8, 4) is 17.6 Å². The number of ether oxygens (including phenoxy) is 2. The minimum absolute atomic E-state index is 0.160. The van der Waals surface area contributed by atoms with E-state index in [4.69, 9.17) is 9.47 Å². The van der Waals surface area contributed by atoms with Gasteiger partial charge in [0.1, 0.15) is 5.92 Å². The van der Waals surface area contributed by atoms with Gasteiger partial charge in [-0.1, -0.05) is 30.3 Å². The first-order valence-electron chi connectivity index (χ1n) is 6.18. The predicted octanol–water partition coefficient (Wildman–Crippen LogP) is 2.91. The lowest BCUT2D eigenvalue weighted by molar-refractivity contribution is 0.0978. The molecule has 0 radical (unpaired) electrons. The molecule has 4 nitrogen and oxygen atoms in total. The molecule has 1 heterocycles. The van der Waals surface area contributed by atoms with Crippen LogP contribution >= 0.6 is 0 Å². The summed E-state index contributed by atoms with van der Waals surface area (Å²) in [6.07, 6.45) is 0. The minimum Gasteiger partial charge on any atom is -0.454 e. The van der Waals surface area contributed by atoms with Crippen LogP contribution in [-0.2, 0) is 0 Å². The molecule has 98 valence electrons. The van der Waals surface area contributed by atoms with E-state index in [2.05, 4.69) is 6.07 Å². The van der Waals surface area contributed by atoms with Gasteiger partial charge in [-0.3, -0.25) is 4.79 Å². The van der Waals surface area contributed by atoms with Crippen molar-refractivity contribution in [3.05, 3.63) is 59.7 Å². The maximum Gasteiger partial charge on any atom is 0.231 e. The summed E-state index contributed by atoms with van der Waals surface area (Å²) in [4.78, 5) is 12.5. The van der Waals surface area contributed by atoms with Gasteiger partial charge in [0.2, 0.25) is 6.79 Å². The van der Waals surface area contributed by atoms with Crippen molar-refractivity contribution in [1.29, 1.82) is 5.26 Å². The van der Waals surface area contributed by atoms with Gasteiger partial charge in [-0.15, -0.1) is 0 Å². The summed E-state index contributed by atoms with van der Waals surface area (Å²) in [5.41, 5.74) is 1.14. The molecule has 4 heteroatoms. The summed E-state index contributed by atoms with van der Waals surface area (Å²) in [6, 6.07) is 16.1. The summed E-state index contributed by atoms with van der Waals surface area (Å²) in [7, 11) is 0. The van der Waals surface area contributed by atoms with Gasteiger partial charge >= 0.3 is 0 Å². The number of nitrogens with zero attached hydrogens (tertiary/aromatic N) is 1. The fourth-order valence-corrected chi connectivity index (χ4v) is 2.15. The van der Waals surface area contributed by atoms with E-state index in [-0.39, 0.29) is 12.6 Å². The van der Waals surface area contributed by atoms with E-state index < -0.39 is 5.92 Å². The van der Waals surface area contributed by atoms with Gasteiger partial charge in [-0.2, -0.15) is 5.26 Å². The highest BCUT2D eigenvalue weighted by molar-refractivity contribution is 6.03. The Balaban J connectivity index is 1.94. The van der Waals surface area contributed by atoms with Crippen LogP contribution in [0.4, 0.5) is 0 Å². The minimum atomic E-state index is -0.809. The van der Waals surface area contributed by atoms with Crippen molar-refractivity contribution in [2.45, 2.75) is 5.92 Å². The Bertz CT molecular complexity index is 689. The number of fused-ring (bicyclic) bond motifs is 1.